The Labute approximate surface area is 183 Å². The largest absolute Gasteiger partial charge is 0.329 e. The molecule has 0 spiro atoms. The van der Waals surface area contributed by atoms with Crippen molar-refractivity contribution in [1.29, 1.82) is 0 Å². The van der Waals surface area contributed by atoms with E-state index in [1.54, 1.807) is 11.0 Å². The van der Waals surface area contributed by atoms with Gasteiger partial charge in [-0.2, -0.15) is 5.10 Å². The summed E-state index contributed by atoms with van der Waals surface area (Å²) in [6.45, 7) is 4.40. The minimum Gasteiger partial charge on any atom is -0.329 e. The lowest BCUT2D eigenvalue weighted by atomic mass is 10.00. The van der Waals surface area contributed by atoms with Gasteiger partial charge in [-0.25, -0.2) is 9.67 Å². The second-order valence-electron chi connectivity index (χ2n) is 6.70. The second kappa shape index (κ2) is 10.4. The lowest BCUT2D eigenvalue weighted by Gasteiger charge is -2.36. The average Bonchev–Trinajstić information content (AvgIpc) is 3.28. The highest BCUT2D eigenvalue weighted by atomic mass is 35.5. The Balaban J connectivity index is 0.00000150. The van der Waals surface area contributed by atoms with Crippen LogP contribution in [0.15, 0.2) is 61.2 Å². The molecule has 0 saturated carbocycles. The van der Waals surface area contributed by atoms with Gasteiger partial charge in [0.15, 0.2) is 0 Å². The van der Waals surface area contributed by atoms with Gasteiger partial charge < -0.3 is 10.2 Å². The van der Waals surface area contributed by atoms with Gasteiger partial charge in [-0.3, -0.25) is 4.79 Å². The molecule has 0 radical (unpaired) electrons. The summed E-state index contributed by atoms with van der Waals surface area (Å²) < 4.78 is 1.66. The van der Waals surface area contributed by atoms with Crippen molar-refractivity contribution < 1.29 is 4.79 Å². The number of carbonyl (C=O) groups is 1. The van der Waals surface area contributed by atoms with Crippen LogP contribution in [0.5, 0.6) is 0 Å². The highest BCUT2D eigenvalue weighted by molar-refractivity contribution is 5.95. The molecule has 1 N–H and O–H groups in total. The van der Waals surface area contributed by atoms with Crippen LogP contribution in [0.2, 0.25) is 0 Å². The van der Waals surface area contributed by atoms with E-state index in [1.165, 1.54) is 17.5 Å². The van der Waals surface area contributed by atoms with Gasteiger partial charge in [0.2, 0.25) is 0 Å². The van der Waals surface area contributed by atoms with E-state index in [2.05, 4.69) is 46.6 Å². The fourth-order valence-electron chi connectivity index (χ4n) is 3.51. The van der Waals surface area contributed by atoms with Crippen molar-refractivity contribution in [2.24, 2.45) is 0 Å². The van der Waals surface area contributed by atoms with Crippen LogP contribution < -0.4 is 5.32 Å². The van der Waals surface area contributed by atoms with E-state index in [-0.39, 0.29) is 36.8 Å². The molecule has 1 aromatic heterocycles. The van der Waals surface area contributed by atoms with Gasteiger partial charge in [0, 0.05) is 25.2 Å². The number of aromatic nitrogens is 3. The number of piperazine rings is 1. The minimum atomic E-state index is 0. The van der Waals surface area contributed by atoms with Gasteiger partial charge in [0.05, 0.1) is 11.7 Å². The number of hydrogen-bond donors (Lipinski definition) is 1. The predicted octanol–water partition coefficient (Wildman–Crippen LogP) is 3.46. The van der Waals surface area contributed by atoms with Crippen molar-refractivity contribution in [3.8, 4) is 5.69 Å². The molecule has 1 fully saturated rings. The number of benzene rings is 2. The lowest BCUT2D eigenvalue weighted by Crippen LogP contribution is -2.48. The first-order valence-electron chi connectivity index (χ1n) is 9.32. The molecule has 4 rings (SSSR count). The summed E-state index contributed by atoms with van der Waals surface area (Å²) in [7, 11) is 0. The number of nitrogens with one attached hydrogen (secondary N) is 1. The number of nitrogens with zero attached hydrogens (tertiary/aromatic N) is 4. The normalized spacial score (nSPS) is 15.9. The first kappa shape index (κ1) is 22.9. The van der Waals surface area contributed by atoms with Gasteiger partial charge in [-0.05, 0) is 35.7 Å². The van der Waals surface area contributed by atoms with Gasteiger partial charge >= 0.3 is 0 Å². The molecule has 154 valence electrons. The van der Waals surface area contributed by atoms with Gasteiger partial charge in [-0.15, -0.1) is 24.8 Å². The fourth-order valence-corrected chi connectivity index (χ4v) is 3.51. The lowest BCUT2D eigenvalue weighted by molar-refractivity contribution is 0.0634. The Hall–Kier alpha value is -2.41. The van der Waals surface area contributed by atoms with Crippen LogP contribution in [0, 0.1) is 0 Å². The average molecular weight is 434 g/mol. The number of rotatable bonds is 4. The highest BCUT2D eigenvalue weighted by Crippen LogP contribution is 2.25. The zero-order valence-corrected chi connectivity index (χ0v) is 17.8. The van der Waals surface area contributed by atoms with E-state index >= 15 is 0 Å². The molecular formula is C21H25Cl2N5O. The van der Waals surface area contributed by atoms with Crippen molar-refractivity contribution in [2.75, 3.05) is 19.6 Å². The molecule has 1 aliphatic heterocycles. The van der Waals surface area contributed by atoms with Gasteiger partial charge in [-0.1, -0.05) is 37.3 Å². The maximum Gasteiger partial charge on any atom is 0.254 e. The number of halogens is 2. The van der Waals surface area contributed by atoms with E-state index in [9.17, 15) is 4.79 Å². The molecule has 0 bridgehead atoms. The van der Waals surface area contributed by atoms with Crippen LogP contribution in [0.25, 0.3) is 5.69 Å². The monoisotopic (exact) mass is 433 g/mol. The summed E-state index contributed by atoms with van der Waals surface area (Å²) in [4.78, 5) is 19.2. The van der Waals surface area contributed by atoms with Crippen molar-refractivity contribution in [3.05, 3.63) is 77.9 Å². The van der Waals surface area contributed by atoms with Crippen molar-refractivity contribution in [3.63, 3.8) is 0 Å². The molecule has 2 aromatic carbocycles. The van der Waals surface area contributed by atoms with E-state index < -0.39 is 0 Å². The SMILES string of the molecule is CCc1ccc(C2CNCCN2C(=O)c2cccc(-n3cncn3)c2)cc1.Cl.Cl. The third-order valence-electron chi connectivity index (χ3n) is 5.05. The topological polar surface area (TPSA) is 63.1 Å². The van der Waals surface area contributed by atoms with Crippen LogP contribution in [-0.2, 0) is 6.42 Å². The fraction of sp³-hybridized carbons (Fsp3) is 0.286. The molecule has 2 heterocycles. The third-order valence-corrected chi connectivity index (χ3v) is 5.05. The summed E-state index contributed by atoms with van der Waals surface area (Å²) in [6.07, 6.45) is 4.13. The second-order valence-corrected chi connectivity index (χ2v) is 6.70. The molecule has 3 aromatic rings. The van der Waals surface area contributed by atoms with E-state index in [4.69, 9.17) is 0 Å². The molecule has 1 saturated heterocycles. The van der Waals surface area contributed by atoms with Crippen LogP contribution in [0.4, 0.5) is 0 Å². The Morgan fingerprint density at radius 3 is 2.66 bits per heavy atom. The number of hydrogen-bond acceptors (Lipinski definition) is 4. The maximum absolute atomic E-state index is 13.3. The quantitative estimate of drug-likeness (QED) is 0.683. The molecule has 1 unspecified atom stereocenters. The zero-order valence-electron chi connectivity index (χ0n) is 16.2. The molecule has 1 amide bonds. The van der Waals surface area contributed by atoms with Crippen molar-refractivity contribution >= 4 is 30.7 Å². The Bertz CT molecular complexity index is 915. The molecule has 6 nitrogen and oxygen atoms in total. The summed E-state index contributed by atoms with van der Waals surface area (Å²) in [5.74, 6) is 0.0445. The minimum absolute atomic E-state index is 0. The first-order valence-corrected chi connectivity index (χ1v) is 9.32. The summed E-state index contributed by atoms with van der Waals surface area (Å²) in [5, 5.41) is 7.56. The van der Waals surface area contributed by atoms with Crippen molar-refractivity contribution in [2.45, 2.75) is 19.4 Å². The van der Waals surface area contributed by atoms with Gasteiger partial charge in [0.25, 0.3) is 5.91 Å². The zero-order chi connectivity index (χ0) is 18.6. The number of aryl methyl sites for hydroxylation is 1. The van der Waals surface area contributed by atoms with Crippen LogP contribution in [0.1, 0.15) is 34.5 Å². The molecule has 1 atom stereocenters. The Kier molecular flexibility index (Phi) is 8.20. The standard InChI is InChI=1S/C21H23N5O.2ClH/c1-2-16-6-8-17(9-7-16)20-13-22-10-11-25(20)21(27)18-4-3-5-19(12-18)26-15-23-14-24-26;;/h3-9,12,14-15,20,22H,2,10-11,13H2,1H3;2*1H. The number of amides is 1. The number of carbonyl (C=O) groups excluding carboxylic acids is 1. The molecule has 0 aliphatic carbocycles. The van der Waals surface area contributed by atoms with E-state index in [0.717, 1.165) is 25.2 Å². The third kappa shape index (κ3) is 4.96. The van der Waals surface area contributed by atoms with Crippen molar-refractivity contribution in [1.82, 2.24) is 25.0 Å². The Morgan fingerprint density at radius 1 is 1.17 bits per heavy atom. The predicted molar refractivity (Wildman–Crippen MR) is 118 cm³/mol. The van der Waals surface area contributed by atoms with Gasteiger partial charge in [0.1, 0.15) is 12.7 Å². The Morgan fingerprint density at radius 2 is 1.97 bits per heavy atom. The highest BCUT2D eigenvalue weighted by Gasteiger charge is 2.28. The summed E-state index contributed by atoms with van der Waals surface area (Å²) >= 11 is 0. The van der Waals surface area contributed by atoms with Crippen LogP contribution >= 0.6 is 24.8 Å². The molecule has 29 heavy (non-hydrogen) atoms. The molecule has 1 aliphatic rings. The summed E-state index contributed by atoms with van der Waals surface area (Å²) in [6, 6.07) is 16.2. The smallest absolute Gasteiger partial charge is 0.254 e. The van der Waals surface area contributed by atoms with Crippen LogP contribution in [-0.4, -0.2) is 45.2 Å². The maximum atomic E-state index is 13.3. The van der Waals surface area contributed by atoms with Crippen LogP contribution in [0.3, 0.4) is 0 Å². The van der Waals surface area contributed by atoms with E-state index in [0.29, 0.717) is 12.1 Å². The summed E-state index contributed by atoms with van der Waals surface area (Å²) in [5.41, 5.74) is 3.97. The van der Waals surface area contributed by atoms with E-state index in [1.807, 2.05) is 29.2 Å². The molecular weight excluding hydrogens is 409 g/mol. The molecule has 8 heteroatoms. The first-order chi connectivity index (χ1) is 13.3.